The third-order valence-electron chi connectivity index (χ3n) is 3.20. The number of hydrogen-bond donors (Lipinski definition) is 1. The van der Waals surface area contributed by atoms with Crippen molar-refractivity contribution >= 4 is 34.7 Å². The van der Waals surface area contributed by atoms with Gasteiger partial charge in [-0.15, -0.1) is 0 Å². The predicted octanol–water partition coefficient (Wildman–Crippen LogP) is 5.00. The minimum Gasteiger partial charge on any atom is -0.497 e. The second-order valence-electron chi connectivity index (χ2n) is 4.53. The summed E-state index contributed by atoms with van der Waals surface area (Å²) < 4.78 is 5.22. The van der Waals surface area contributed by atoms with Gasteiger partial charge in [-0.3, -0.25) is 0 Å². The highest BCUT2D eigenvalue weighted by Crippen LogP contribution is 2.23. The van der Waals surface area contributed by atoms with Gasteiger partial charge in [0.2, 0.25) is 0 Å². The molecule has 0 unspecified atom stereocenters. The molecule has 0 fully saturated rings. The number of hydrogen-bond acceptors (Lipinski definition) is 1. The number of ether oxygens (including phenoxy) is 1. The number of rotatable bonds is 3. The molecule has 0 aliphatic rings. The highest BCUT2D eigenvalue weighted by molar-refractivity contribution is 6.32. The number of benzene rings is 2. The number of aromatic amines is 1. The van der Waals surface area contributed by atoms with Crippen LogP contribution in [0.3, 0.4) is 0 Å². The van der Waals surface area contributed by atoms with Gasteiger partial charge in [-0.2, -0.15) is 0 Å². The van der Waals surface area contributed by atoms with E-state index in [1.165, 1.54) is 0 Å². The van der Waals surface area contributed by atoms with E-state index in [-0.39, 0.29) is 0 Å². The average molecular weight is 284 g/mol. The first kappa shape index (κ1) is 12.8. The molecule has 20 heavy (non-hydrogen) atoms. The summed E-state index contributed by atoms with van der Waals surface area (Å²) >= 11 is 6.13. The maximum atomic E-state index is 6.13. The summed E-state index contributed by atoms with van der Waals surface area (Å²) in [5.41, 5.74) is 3.10. The molecular weight excluding hydrogens is 270 g/mol. The van der Waals surface area contributed by atoms with Gasteiger partial charge in [0.25, 0.3) is 0 Å². The largest absolute Gasteiger partial charge is 0.497 e. The van der Waals surface area contributed by atoms with Crippen molar-refractivity contribution in [1.29, 1.82) is 0 Å². The van der Waals surface area contributed by atoms with E-state index >= 15 is 0 Å². The smallest absolute Gasteiger partial charge is 0.120 e. The summed E-state index contributed by atoms with van der Waals surface area (Å²) in [4.78, 5) is 3.35. The van der Waals surface area contributed by atoms with E-state index in [9.17, 15) is 0 Å². The van der Waals surface area contributed by atoms with Crippen LogP contribution in [0.1, 0.15) is 11.3 Å². The first-order valence-corrected chi connectivity index (χ1v) is 6.73. The van der Waals surface area contributed by atoms with Crippen LogP contribution >= 0.6 is 11.6 Å². The van der Waals surface area contributed by atoms with Crippen molar-refractivity contribution < 1.29 is 4.74 Å². The topological polar surface area (TPSA) is 25.0 Å². The molecule has 2 nitrogen and oxygen atoms in total. The van der Waals surface area contributed by atoms with Crippen molar-refractivity contribution in [3.05, 3.63) is 64.8 Å². The van der Waals surface area contributed by atoms with Crippen LogP contribution in [0.15, 0.2) is 48.5 Å². The maximum absolute atomic E-state index is 6.13. The van der Waals surface area contributed by atoms with Crippen LogP contribution in [0.5, 0.6) is 5.75 Å². The van der Waals surface area contributed by atoms with Gasteiger partial charge in [0.1, 0.15) is 5.75 Å². The minimum atomic E-state index is 0.751. The van der Waals surface area contributed by atoms with Crippen LogP contribution in [-0.4, -0.2) is 12.1 Å². The first-order chi connectivity index (χ1) is 9.76. The third kappa shape index (κ3) is 2.56. The summed E-state index contributed by atoms with van der Waals surface area (Å²) in [6, 6.07) is 15.9. The van der Waals surface area contributed by atoms with Crippen LogP contribution in [0, 0.1) is 0 Å². The van der Waals surface area contributed by atoms with E-state index in [1.807, 2.05) is 54.6 Å². The maximum Gasteiger partial charge on any atom is 0.120 e. The van der Waals surface area contributed by atoms with Crippen molar-refractivity contribution in [2.75, 3.05) is 7.11 Å². The molecule has 0 aliphatic heterocycles. The molecule has 100 valence electrons. The molecule has 0 atom stereocenters. The molecule has 0 saturated heterocycles. The Hall–Kier alpha value is -2.19. The molecule has 0 amide bonds. The van der Waals surface area contributed by atoms with E-state index < -0.39 is 0 Å². The molecule has 3 aromatic rings. The normalized spacial score (nSPS) is 11.3. The quantitative estimate of drug-likeness (QED) is 0.719. The molecule has 0 bridgehead atoms. The molecule has 3 heteroatoms. The number of halogens is 1. The van der Waals surface area contributed by atoms with Gasteiger partial charge in [-0.1, -0.05) is 35.9 Å². The Bertz CT molecular complexity index is 774. The molecule has 0 spiro atoms. The Kier molecular flexibility index (Phi) is 3.48. The Balaban J connectivity index is 1.93. The molecule has 1 aromatic heterocycles. The van der Waals surface area contributed by atoms with E-state index in [4.69, 9.17) is 16.3 Å². The number of nitrogens with one attached hydrogen (secondary N) is 1. The zero-order valence-corrected chi connectivity index (χ0v) is 11.8. The molecule has 1 N–H and O–H groups in total. The Morgan fingerprint density at radius 1 is 1.05 bits per heavy atom. The van der Waals surface area contributed by atoms with Gasteiger partial charge in [0.15, 0.2) is 0 Å². The lowest BCUT2D eigenvalue weighted by Crippen LogP contribution is -1.80. The monoisotopic (exact) mass is 283 g/mol. The van der Waals surface area contributed by atoms with Crippen molar-refractivity contribution in [3.63, 3.8) is 0 Å². The standard InChI is InChI=1S/C17H14ClNO/c1-20-15-9-7-13-10-14(19-17(13)11-15)8-6-12-4-2-3-5-16(12)18/h2-11,19H,1H3. The second-order valence-corrected chi connectivity index (χ2v) is 4.94. The molecule has 3 rings (SSSR count). The second kappa shape index (κ2) is 5.43. The van der Waals surface area contributed by atoms with E-state index in [1.54, 1.807) is 7.11 Å². The minimum absolute atomic E-state index is 0.751. The predicted molar refractivity (Wildman–Crippen MR) is 85.2 cm³/mol. The lowest BCUT2D eigenvalue weighted by Gasteiger charge is -1.97. The summed E-state index contributed by atoms with van der Waals surface area (Å²) in [6.07, 6.45) is 4.03. The summed E-state index contributed by atoms with van der Waals surface area (Å²) in [7, 11) is 1.67. The lowest BCUT2D eigenvalue weighted by atomic mass is 10.2. The molecular formula is C17H14ClNO. The SMILES string of the molecule is COc1ccc2cc(C=Cc3ccccc3Cl)[nH]c2c1. The highest BCUT2D eigenvalue weighted by Gasteiger charge is 2.00. The average Bonchev–Trinajstić information content (AvgIpc) is 2.88. The zero-order chi connectivity index (χ0) is 13.9. The van der Waals surface area contributed by atoms with Crippen LogP contribution < -0.4 is 4.74 Å². The molecule has 1 heterocycles. The number of methoxy groups -OCH3 is 1. The summed E-state index contributed by atoms with van der Waals surface area (Å²) in [5.74, 6) is 0.848. The Labute approximate surface area is 122 Å². The highest BCUT2D eigenvalue weighted by atomic mass is 35.5. The third-order valence-corrected chi connectivity index (χ3v) is 3.54. The van der Waals surface area contributed by atoms with Crippen LogP contribution in [0.25, 0.3) is 23.1 Å². The molecule has 0 radical (unpaired) electrons. The number of aromatic nitrogens is 1. The first-order valence-electron chi connectivity index (χ1n) is 6.35. The van der Waals surface area contributed by atoms with Crippen molar-refractivity contribution in [3.8, 4) is 5.75 Å². The number of H-pyrrole nitrogens is 1. The van der Waals surface area contributed by atoms with Crippen LogP contribution in [-0.2, 0) is 0 Å². The van der Waals surface area contributed by atoms with E-state index in [0.717, 1.165) is 32.9 Å². The fourth-order valence-corrected chi connectivity index (χ4v) is 2.33. The fraction of sp³-hybridized carbons (Fsp3) is 0.0588. The lowest BCUT2D eigenvalue weighted by molar-refractivity contribution is 0.415. The van der Waals surface area contributed by atoms with Crippen molar-refractivity contribution in [2.45, 2.75) is 0 Å². The molecule has 0 saturated carbocycles. The van der Waals surface area contributed by atoms with Gasteiger partial charge in [0, 0.05) is 27.7 Å². The van der Waals surface area contributed by atoms with Crippen molar-refractivity contribution in [2.24, 2.45) is 0 Å². The van der Waals surface area contributed by atoms with Crippen LogP contribution in [0.2, 0.25) is 5.02 Å². The number of fused-ring (bicyclic) bond motifs is 1. The zero-order valence-electron chi connectivity index (χ0n) is 11.1. The summed E-state index contributed by atoms with van der Waals surface area (Å²) in [6.45, 7) is 0. The fourth-order valence-electron chi connectivity index (χ4n) is 2.14. The van der Waals surface area contributed by atoms with Gasteiger partial charge >= 0.3 is 0 Å². The van der Waals surface area contributed by atoms with Gasteiger partial charge in [-0.05, 0) is 35.9 Å². The van der Waals surface area contributed by atoms with Crippen molar-refractivity contribution in [1.82, 2.24) is 4.98 Å². The summed E-state index contributed by atoms with van der Waals surface area (Å²) in [5, 5.41) is 1.91. The van der Waals surface area contributed by atoms with Gasteiger partial charge in [-0.25, -0.2) is 0 Å². The van der Waals surface area contributed by atoms with Crippen LogP contribution in [0.4, 0.5) is 0 Å². The van der Waals surface area contributed by atoms with E-state index in [2.05, 4.69) is 11.1 Å². The molecule has 2 aromatic carbocycles. The Morgan fingerprint density at radius 3 is 2.70 bits per heavy atom. The van der Waals surface area contributed by atoms with Gasteiger partial charge in [0.05, 0.1) is 7.11 Å². The Morgan fingerprint density at radius 2 is 1.90 bits per heavy atom. The van der Waals surface area contributed by atoms with Gasteiger partial charge < -0.3 is 9.72 Å². The van der Waals surface area contributed by atoms with E-state index in [0.29, 0.717) is 0 Å². The molecule has 0 aliphatic carbocycles.